The van der Waals surface area contributed by atoms with Gasteiger partial charge in [0.2, 0.25) is 10.0 Å². The van der Waals surface area contributed by atoms with Gasteiger partial charge in [-0.2, -0.15) is 9.40 Å². The Labute approximate surface area is 142 Å². The van der Waals surface area contributed by atoms with E-state index in [1.807, 2.05) is 47.3 Å². The van der Waals surface area contributed by atoms with Crippen molar-refractivity contribution in [2.45, 2.75) is 43.8 Å². The van der Waals surface area contributed by atoms with Gasteiger partial charge in [0, 0.05) is 29.9 Å². The second kappa shape index (κ2) is 6.18. The van der Waals surface area contributed by atoms with Crippen LogP contribution in [0, 0.1) is 0 Å². The minimum atomic E-state index is -3.39. The van der Waals surface area contributed by atoms with Crippen molar-refractivity contribution in [3.8, 4) is 0 Å². The summed E-state index contributed by atoms with van der Waals surface area (Å²) in [5.41, 5.74) is 0.903. The number of benzene rings is 1. The van der Waals surface area contributed by atoms with Gasteiger partial charge in [-0.1, -0.05) is 30.3 Å². The Balaban J connectivity index is 1.53. The minimum Gasteiger partial charge on any atom is -0.270 e. The van der Waals surface area contributed by atoms with E-state index in [0.29, 0.717) is 6.04 Å². The van der Waals surface area contributed by atoms with Gasteiger partial charge < -0.3 is 0 Å². The summed E-state index contributed by atoms with van der Waals surface area (Å²) >= 11 is 0. The molecule has 2 aromatic rings. The Hall–Kier alpha value is -1.92. The van der Waals surface area contributed by atoms with Crippen molar-refractivity contribution < 1.29 is 8.42 Å². The first-order valence-corrected chi connectivity index (χ1v) is 9.89. The normalized spacial score (nSPS) is 27.8. The topological polar surface area (TPSA) is 55.2 Å². The van der Waals surface area contributed by atoms with Crippen molar-refractivity contribution in [3.05, 3.63) is 59.8 Å². The monoisotopic (exact) mass is 343 g/mol. The molecule has 126 valence electrons. The first-order valence-electron chi connectivity index (χ1n) is 8.39. The van der Waals surface area contributed by atoms with Gasteiger partial charge in [-0.25, -0.2) is 8.42 Å². The molecule has 6 heteroatoms. The number of rotatable bonds is 4. The van der Waals surface area contributed by atoms with Gasteiger partial charge in [-0.3, -0.25) is 4.68 Å². The average Bonchev–Trinajstić information content (AvgIpc) is 3.21. The number of aromatic nitrogens is 2. The SMILES string of the molecule is O=S(=O)(C=Cc1ccccc1)N1C2CCC1CC(n1cccn1)C2. The molecule has 2 aliphatic rings. The number of sulfonamides is 1. The molecule has 0 spiro atoms. The third-order valence-electron chi connectivity index (χ3n) is 5.07. The lowest BCUT2D eigenvalue weighted by molar-refractivity contribution is 0.186. The highest BCUT2D eigenvalue weighted by atomic mass is 32.2. The van der Waals surface area contributed by atoms with Gasteiger partial charge >= 0.3 is 0 Å². The highest BCUT2D eigenvalue weighted by Gasteiger charge is 2.46. The smallest absolute Gasteiger partial charge is 0.236 e. The minimum absolute atomic E-state index is 0.0865. The van der Waals surface area contributed by atoms with Crippen LogP contribution in [-0.2, 0) is 10.0 Å². The summed E-state index contributed by atoms with van der Waals surface area (Å²) in [6.07, 6.45) is 9.03. The van der Waals surface area contributed by atoms with E-state index >= 15 is 0 Å². The number of hydrogen-bond acceptors (Lipinski definition) is 3. The maximum atomic E-state index is 12.8. The summed E-state index contributed by atoms with van der Waals surface area (Å²) in [4.78, 5) is 0. The average molecular weight is 343 g/mol. The van der Waals surface area contributed by atoms with E-state index < -0.39 is 10.0 Å². The van der Waals surface area contributed by atoms with Crippen molar-refractivity contribution >= 4 is 16.1 Å². The molecular formula is C18H21N3O2S. The standard InChI is InChI=1S/C18H21N3O2S/c22-24(23,12-9-15-5-2-1-3-6-15)21-16-7-8-17(21)14-18(13-16)20-11-4-10-19-20/h1-6,9-12,16-18H,7-8,13-14H2. The van der Waals surface area contributed by atoms with E-state index in [0.717, 1.165) is 31.2 Å². The second-order valence-electron chi connectivity index (χ2n) is 6.58. The van der Waals surface area contributed by atoms with Gasteiger partial charge in [0.25, 0.3) is 0 Å². The molecule has 0 radical (unpaired) electrons. The fourth-order valence-electron chi connectivity index (χ4n) is 4.03. The van der Waals surface area contributed by atoms with E-state index in [2.05, 4.69) is 5.10 Å². The van der Waals surface area contributed by atoms with E-state index in [4.69, 9.17) is 0 Å². The number of fused-ring (bicyclic) bond motifs is 2. The summed E-state index contributed by atoms with van der Waals surface area (Å²) < 4.78 is 29.4. The Morgan fingerprint density at radius 3 is 2.33 bits per heavy atom. The highest BCUT2D eigenvalue weighted by molar-refractivity contribution is 7.92. The molecular weight excluding hydrogens is 322 g/mol. The molecule has 1 aromatic heterocycles. The first-order chi connectivity index (χ1) is 11.6. The molecule has 5 nitrogen and oxygen atoms in total. The van der Waals surface area contributed by atoms with Crippen molar-refractivity contribution in [1.29, 1.82) is 0 Å². The summed E-state index contributed by atoms with van der Waals surface area (Å²) in [6.45, 7) is 0. The van der Waals surface area contributed by atoms with E-state index in [-0.39, 0.29) is 12.1 Å². The Kier molecular flexibility index (Phi) is 4.02. The third-order valence-corrected chi connectivity index (χ3v) is 6.73. The zero-order chi connectivity index (χ0) is 16.6. The molecule has 0 amide bonds. The highest BCUT2D eigenvalue weighted by Crippen LogP contribution is 2.42. The Morgan fingerprint density at radius 2 is 1.71 bits per heavy atom. The molecule has 0 N–H and O–H groups in total. The van der Waals surface area contributed by atoms with Crippen LogP contribution < -0.4 is 0 Å². The van der Waals surface area contributed by atoms with Crippen LogP contribution in [0.4, 0.5) is 0 Å². The van der Waals surface area contributed by atoms with Gasteiger partial charge in [-0.05, 0) is 43.4 Å². The first kappa shape index (κ1) is 15.6. The van der Waals surface area contributed by atoms with Gasteiger partial charge in [0.15, 0.2) is 0 Å². The van der Waals surface area contributed by atoms with Crippen molar-refractivity contribution in [2.75, 3.05) is 0 Å². The molecule has 2 aliphatic heterocycles. The van der Waals surface area contributed by atoms with Crippen LogP contribution in [0.1, 0.15) is 37.3 Å². The Bertz CT molecular complexity index is 801. The maximum absolute atomic E-state index is 12.8. The zero-order valence-electron chi connectivity index (χ0n) is 13.4. The summed E-state index contributed by atoms with van der Waals surface area (Å²) in [5, 5.41) is 5.70. The zero-order valence-corrected chi connectivity index (χ0v) is 14.2. The van der Waals surface area contributed by atoms with Crippen LogP contribution in [0.25, 0.3) is 6.08 Å². The molecule has 24 heavy (non-hydrogen) atoms. The van der Waals surface area contributed by atoms with Crippen LogP contribution >= 0.6 is 0 Å². The summed E-state index contributed by atoms with van der Waals surface area (Å²) in [7, 11) is -3.39. The molecule has 4 rings (SSSR count). The van der Waals surface area contributed by atoms with Crippen molar-refractivity contribution in [2.24, 2.45) is 0 Å². The molecule has 2 saturated heterocycles. The fraction of sp³-hybridized carbons (Fsp3) is 0.389. The molecule has 2 fully saturated rings. The number of hydrogen-bond donors (Lipinski definition) is 0. The fourth-order valence-corrected chi connectivity index (χ4v) is 5.72. The quantitative estimate of drug-likeness (QED) is 0.857. The van der Waals surface area contributed by atoms with Crippen LogP contribution in [0.2, 0.25) is 0 Å². The summed E-state index contributed by atoms with van der Waals surface area (Å²) in [5.74, 6) is 0. The predicted molar refractivity (Wildman–Crippen MR) is 93.5 cm³/mol. The maximum Gasteiger partial charge on any atom is 0.236 e. The molecule has 3 heterocycles. The van der Waals surface area contributed by atoms with Gasteiger partial charge in [-0.15, -0.1) is 0 Å². The van der Waals surface area contributed by atoms with E-state index in [1.165, 1.54) is 5.41 Å². The van der Waals surface area contributed by atoms with Gasteiger partial charge in [0.1, 0.15) is 0 Å². The lowest BCUT2D eigenvalue weighted by atomic mass is 10.00. The van der Waals surface area contributed by atoms with Crippen LogP contribution in [0.3, 0.4) is 0 Å². The Morgan fingerprint density at radius 1 is 1.00 bits per heavy atom. The molecule has 0 saturated carbocycles. The van der Waals surface area contributed by atoms with Crippen LogP contribution in [-0.4, -0.2) is 34.6 Å². The van der Waals surface area contributed by atoms with Crippen LogP contribution in [0.5, 0.6) is 0 Å². The van der Waals surface area contributed by atoms with Crippen LogP contribution in [0.15, 0.2) is 54.2 Å². The second-order valence-corrected chi connectivity index (χ2v) is 8.31. The lowest BCUT2D eigenvalue weighted by Gasteiger charge is -2.37. The van der Waals surface area contributed by atoms with E-state index in [9.17, 15) is 8.42 Å². The summed E-state index contributed by atoms with van der Waals surface area (Å²) in [6, 6.07) is 12.0. The van der Waals surface area contributed by atoms with Crippen molar-refractivity contribution in [3.63, 3.8) is 0 Å². The predicted octanol–water partition coefficient (Wildman–Crippen LogP) is 3.05. The largest absolute Gasteiger partial charge is 0.270 e. The lowest BCUT2D eigenvalue weighted by Crippen LogP contribution is -2.46. The number of nitrogens with zero attached hydrogens (tertiary/aromatic N) is 3. The third kappa shape index (κ3) is 2.91. The molecule has 2 bridgehead atoms. The van der Waals surface area contributed by atoms with Gasteiger partial charge in [0.05, 0.1) is 6.04 Å². The van der Waals surface area contributed by atoms with Crippen molar-refractivity contribution in [1.82, 2.24) is 14.1 Å². The molecule has 1 aromatic carbocycles. The molecule has 2 unspecified atom stereocenters. The van der Waals surface area contributed by atoms with E-state index in [1.54, 1.807) is 16.6 Å². The molecule has 0 aliphatic carbocycles. The molecule has 2 atom stereocenters. The number of piperidine rings is 1.